The first-order valence-corrected chi connectivity index (χ1v) is 6.45. The number of fused-ring (bicyclic) bond motifs is 2. The number of carbonyl (C=O) groups is 1. The van der Waals surface area contributed by atoms with E-state index in [2.05, 4.69) is 9.88 Å². The maximum Gasteiger partial charge on any atom is 0.252 e. The summed E-state index contributed by atoms with van der Waals surface area (Å²) >= 11 is 0. The van der Waals surface area contributed by atoms with Gasteiger partial charge in [0.25, 0.3) is 5.91 Å². The van der Waals surface area contributed by atoms with E-state index in [0.717, 1.165) is 31.5 Å². The maximum atomic E-state index is 11.5. The topological polar surface area (TPSA) is 85.2 Å². The molecule has 3 rings (SSSR count). The normalized spacial score (nSPS) is 30.5. The summed E-state index contributed by atoms with van der Waals surface area (Å²) in [6, 6.07) is 4.60. The highest BCUT2D eigenvalue weighted by atomic mass is 16.1. The summed E-state index contributed by atoms with van der Waals surface area (Å²) in [6.45, 7) is 0. The molecule has 2 aliphatic rings. The molecule has 1 amide bonds. The van der Waals surface area contributed by atoms with Gasteiger partial charge < -0.3 is 16.4 Å². The molecule has 2 fully saturated rings. The number of aromatic nitrogens is 1. The summed E-state index contributed by atoms with van der Waals surface area (Å²) in [4.78, 5) is 18.1. The molecule has 0 aromatic carbocycles. The van der Waals surface area contributed by atoms with E-state index in [-0.39, 0.29) is 6.04 Å². The van der Waals surface area contributed by atoms with Gasteiger partial charge in [-0.3, -0.25) is 4.79 Å². The molecule has 5 heteroatoms. The molecule has 2 unspecified atom stereocenters. The van der Waals surface area contributed by atoms with Crippen molar-refractivity contribution in [3.8, 4) is 0 Å². The second-order valence-corrected chi connectivity index (χ2v) is 5.26. The molecule has 2 saturated heterocycles. The summed E-state index contributed by atoms with van der Waals surface area (Å²) in [5.74, 6) is 0.330. The van der Waals surface area contributed by atoms with Crippen molar-refractivity contribution in [2.45, 2.75) is 43.8 Å². The third-order valence-corrected chi connectivity index (χ3v) is 4.07. The summed E-state index contributed by atoms with van der Waals surface area (Å²) < 4.78 is 0. The van der Waals surface area contributed by atoms with Gasteiger partial charge in [0.15, 0.2) is 0 Å². The Balaban J connectivity index is 1.99. The van der Waals surface area contributed by atoms with Crippen LogP contribution in [-0.2, 0) is 0 Å². The predicted molar refractivity (Wildman–Crippen MR) is 69.3 cm³/mol. The van der Waals surface area contributed by atoms with E-state index < -0.39 is 5.91 Å². The standard InChI is InChI=1S/C13H18N4O/c14-8-6-9-3-4-10(7-8)17(9)13-11(12(15)18)2-1-5-16-13/h1-2,5,8-10H,3-4,6-7,14H2,(H2,15,18). The number of rotatable bonds is 2. The van der Waals surface area contributed by atoms with E-state index in [1.807, 2.05) is 0 Å². The van der Waals surface area contributed by atoms with E-state index >= 15 is 0 Å². The van der Waals surface area contributed by atoms with Crippen molar-refractivity contribution in [2.75, 3.05) is 4.90 Å². The van der Waals surface area contributed by atoms with Gasteiger partial charge in [0, 0.05) is 24.3 Å². The molecule has 0 spiro atoms. The maximum absolute atomic E-state index is 11.5. The van der Waals surface area contributed by atoms with E-state index in [0.29, 0.717) is 17.6 Å². The summed E-state index contributed by atoms with van der Waals surface area (Å²) in [5, 5.41) is 0. The Morgan fingerprint density at radius 1 is 1.33 bits per heavy atom. The quantitative estimate of drug-likeness (QED) is 0.802. The highest BCUT2D eigenvalue weighted by molar-refractivity contribution is 5.97. The van der Waals surface area contributed by atoms with Crippen LogP contribution in [0.3, 0.4) is 0 Å². The van der Waals surface area contributed by atoms with Gasteiger partial charge >= 0.3 is 0 Å². The molecule has 2 aliphatic heterocycles. The van der Waals surface area contributed by atoms with Gasteiger partial charge in [-0.1, -0.05) is 0 Å². The minimum atomic E-state index is -0.410. The van der Waals surface area contributed by atoms with Crippen LogP contribution in [0.4, 0.5) is 5.82 Å². The van der Waals surface area contributed by atoms with Crippen LogP contribution >= 0.6 is 0 Å². The minimum absolute atomic E-state index is 0.277. The third kappa shape index (κ3) is 1.75. The van der Waals surface area contributed by atoms with Crippen molar-refractivity contribution in [1.29, 1.82) is 0 Å². The van der Waals surface area contributed by atoms with Crippen molar-refractivity contribution in [1.82, 2.24) is 4.98 Å². The van der Waals surface area contributed by atoms with Crippen LogP contribution < -0.4 is 16.4 Å². The molecule has 1 aromatic heterocycles. The minimum Gasteiger partial charge on any atom is -0.365 e. The zero-order valence-electron chi connectivity index (χ0n) is 10.2. The summed E-state index contributed by atoms with van der Waals surface area (Å²) in [5.41, 5.74) is 12.0. The van der Waals surface area contributed by atoms with Gasteiger partial charge in [-0.2, -0.15) is 0 Å². The van der Waals surface area contributed by atoms with Crippen LogP contribution in [0.2, 0.25) is 0 Å². The Bertz CT molecular complexity index is 462. The Morgan fingerprint density at radius 2 is 2.00 bits per heavy atom. The van der Waals surface area contributed by atoms with Gasteiger partial charge in [0.2, 0.25) is 0 Å². The van der Waals surface area contributed by atoms with E-state index in [1.165, 1.54) is 0 Å². The Morgan fingerprint density at radius 3 is 2.61 bits per heavy atom. The summed E-state index contributed by atoms with van der Waals surface area (Å²) in [6.07, 6.45) is 5.94. The number of nitrogens with zero attached hydrogens (tertiary/aromatic N) is 2. The first-order valence-electron chi connectivity index (χ1n) is 6.45. The highest BCUT2D eigenvalue weighted by Crippen LogP contribution is 2.38. The van der Waals surface area contributed by atoms with Crippen molar-refractivity contribution < 1.29 is 4.79 Å². The molecule has 0 radical (unpaired) electrons. The number of piperidine rings is 1. The fourth-order valence-electron chi connectivity index (χ4n) is 3.36. The fourth-order valence-corrected chi connectivity index (χ4v) is 3.36. The Kier molecular flexibility index (Phi) is 2.70. The smallest absolute Gasteiger partial charge is 0.252 e. The van der Waals surface area contributed by atoms with E-state index in [1.54, 1.807) is 18.3 Å². The van der Waals surface area contributed by atoms with Crippen LogP contribution in [0.15, 0.2) is 18.3 Å². The SMILES string of the molecule is NC(=O)c1cccnc1N1C2CCC1CC(N)C2. The summed E-state index contributed by atoms with van der Waals surface area (Å²) in [7, 11) is 0. The molecule has 1 aromatic rings. The third-order valence-electron chi connectivity index (χ3n) is 4.07. The molecule has 2 bridgehead atoms. The lowest BCUT2D eigenvalue weighted by atomic mass is 9.97. The molecule has 96 valence electrons. The zero-order chi connectivity index (χ0) is 12.7. The van der Waals surface area contributed by atoms with Gasteiger partial charge in [0.1, 0.15) is 5.82 Å². The lowest BCUT2D eigenvalue weighted by Gasteiger charge is -2.39. The molecule has 0 aliphatic carbocycles. The lowest BCUT2D eigenvalue weighted by molar-refractivity contribution is 0.100. The number of nitrogens with two attached hydrogens (primary N) is 2. The molecule has 0 saturated carbocycles. The zero-order valence-corrected chi connectivity index (χ0v) is 10.2. The first kappa shape index (κ1) is 11.5. The average Bonchev–Trinajstić information content (AvgIpc) is 2.61. The van der Waals surface area contributed by atoms with Crippen molar-refractivity contribution in [3.63, 3.8) is 0 Å². The second-order valence-electron chi connectivity index (χ2n) is 5.26. The average molecular weight is 246 g/mol. The predicted octanol–water partition coefficient (Wildman–Crippen LogP) is 0.639. The molecule has 18 heavy (non-hydrogen) atoms. The number of carbonyl (C=O) groups excluding carboxylic acids is 1. The number of anilines is 1. The van der Waals surface area contributed by atoms with Crippen LogP contribution in [0.5, 0.6) is 0 Å². The largest absolute Gasteiger partial charge is 0.365 e. The van der Waals surface area contributed by atoms with Crippen LogP contribution in [0, 0.1) is 0 Å². The molecular formula is C13H18N4O. The molecular weight excluding hydrogens is 228 g/mol. The number of pyridine rings is 1. The van der Waals surface area contributed by atoms with Crippen molar-refractivity contribution in [2.24, 2.45) is 11.5 Å². The van der Waals surface area contributed by atoms with Crippen LogP contribution in [-0.4, -0.2) is 29.0 Å². The van der Waals surface area contributed by atoms with Gasteiger partial charge in [-0.25, -0.2) is 4.98 Å². The monoisotopic (exact) mass is 246 g/mol. The van der Waals surface area contributed by atoms with Crippen molar-refractivity contribution >= 4 is 11.7 Å². The Labute approximate surface area is 106 Å². The highest BCUT2D eigenvalue weighted by Gasteiger charge is 2.41. The lowest BCUT2D eigenvalue weighted by Crippen LogP contribution is -2.48. The van der Waals surface area contributed by atoms with Crippen LogP contribution in [0.25, 0.3) is 0 Å². The van der Waals surface area contributed by atoms with Gasteiger partial charge in [-0.05, 0) is 37.8 Å². The Hall–Kier alpha value is -1.62. The van der Waals surface area contributed by atoms with Gasteiger partial charge in [-0.15, -0.1) is 0 Å². The molecule has 5 nitrogen and oxygen atoms in total. The number of primary amides is 1. The molecule has 2 atom stereocenters. The van der Waals surface area contributed by atoms with E-state index in [4.69, 9.17) is 11.5 Å². The molecule has 4 N–H and O–H groups in total. The number of hydrogen-bond donors (Lipinski definition) is 2. The van der Waals surface area contributed by atoms with E-state index in [9.17, 15) is 4.79 Å². The van der Waals surface area contributed by atoms with Crippen molar-refractivity contribution in [3.05, 3.63) is 23.9 Å². The first-order chi connectivity index (χ1) is 8.66. The fraction of sp³-hybridized carbons (Fsp3) is 0.538. The van der Waals surface area contributed by atoms with Crippen LogP contribution in [0.1, 0.15) is 36.0 Å². The number of hydrogen-bond acceptors (Lipinski definition) is 4. The molecule has 3 heterocycles. The van der Waals surface area contributed by atoms with Gasteiger partial charge in [0.05, 0.1) is 5.56 Å². The second kappa shape index (κ2) is 4.24. The number of amides is 1.